The summed E-state index contributed by atoms with van der Waals surface area (Å²) in [4.78, 5) is 28.2. The first-order valence-electron chi connectivity index (χ1n) is 10.1. The molecule has 0 heterocycles. The molecule has 0 spiro atoms. The van der Waals surface area contributed by atoms with Gasteiger partial charge < -0.3 is 0 Å². The Morgan fingerprint density at radius 3 is 1.19 bits per heavy atom. The van der Waals surface area contributed by atoms with Gasteiger partial charge in [-0.2, -0.15) is 0 Å². The highest BCUT2D eigenvalue weighted by Crippen LogP contribution is 2.35. The predicted molar refractivity (Wildman–Crippen MR) is 126 cm³/mol. The van der Waals surface area contributed by atoms with Crippen molar-refractivity contribution in [2.45, 2.75) is 23.6 Å². The van der Waals surface area contributed by atoms with Gasteiger partial charge >= 0.3 is 0 Å². The van der Waals surface area contributed by atoms with E-state index in [2.05, 4.69) is 0 Å². The van der Waals surface area contributed by atoms with Gasteiger partial charge in [0.1, 0.15) is 0 Å². The molecule has 4 rings (SSSR count). The number of ketones is 2. The van der Waals surface area contributed by atoms with Crippen LogP contribution in [-0.2, 0) is 0 Å². The zero-order valence-electron chi connectivity index (χ0n) is 17.5. The van der Waals surface area contributed by atoms with Crippen LogP contribution in [0.1, 0.15) is 43.0 Å². The zero-order chi connectivity index (χ0) is 21.8. The third-order valence-electron chi connectivity index (χ3n) is 5.26. The quantitative estimate of drug-likeness (QED) is 0.316. The monoisotopic (exact) mass is 422 g/mol. The van der Waals surface area contributed by atoms with Crippen LogP contribution in [0.4, 0.5) is 0 Å². The zero-order valence-corrected chi connectivity index (χ0v) is 18.3. The molecule has 0 saturated carbocycles. The lowest BCUT2D eigenvalue weighted by Gasteiger charge is -2.13. The molecule has 152 valence electrons. The summed E-state index contributed by atoms with van der Waals surface area (Å²) in [5.41, 5.74) is 4.56. The average molecular weight is 423 g/mol. The van der Waals surface area contributed by atoms with Gasteiger partial charge in [0.25, 0.3) is 0 Å². The fourth-order valence-electron chi connectivity index (χ4n) is 3.55. The second kappa shape index (κ2) is 9.15. The van der Waals surface area contributed by atoms with Gasteiger partial charge in [0.2, 0.25) is 0 Å². The molecule has 3 heteroatoms. The van der Waals surface area contributed by atoms with E-state index in [-0.39, 0.29) is 11.6 Å². The van der Waals surface area contributed by atoms with Crippen molar-refractivity contribution in [2.24, 2.45) is 0 Å². The van der Waals surface area contributed by atoms with E-state index in [1.807, 2.05) is 111 Å². The predicted octanol–water partition coefficient (Wildman–Crippen LogP) is 6.92. The standard InChI is InChI=1S/C28H22O2S/c1-19-11-3-5-13-21(19)27(29)23-15-7-9-17-25(23)31-26-18-10-8-16-24(26)28(30)22-14-6-4-12-20(22)2/h3-18H,1-2H3. The average Bonchev–Trinajstić information content (AvgIpc) is 2.80. The van der Waals surface area contributed by atoms with Crippen molar-refractivity contribution < 1.29 is 9.59 Å². The minimum atomic E-state index is -0.0103. The number of carbonyl (C=O) groups excluding carboxylic acids is 2. The Morgan fingerprint density at radius 2 is 0.806 bits per heavy atom. The molecule has 0 bridgehead atoms. The third-order valence-corrected chi connectivity index (χ3v) is 6.41. The number of hydrogen-bond acceptors (Lipinski definition) is 3. The molecule has 0 aliphatic rings. The Morgan fingerprint density at radius 1 is 0.484 bits per heavy atom. The molecule has 0 amide bonds. The molecule has 4 aromatic carbocycles. The van der Waals surface area contributed by atoms with Gasteiger partial charge in [0.05, 0.1) is 0 Å². The van der Waals surface area contributed by atoms with Gasteiger partial charge in [-0.25, -0.2) is 0 Å². The maximum Gasteiger partial charge on any atom is 0.194 e. The molecule has 0 aromatic heterocycles. The number of hydrogen-bond donors (Lipinski definition) is 0. The molecule has 0 aliphatic heterocycles. The molecule has 0 saturated heterocycles. The first-order valence-corrected chi connectivity index (χ1v) is 10.9. The second-order valence-corrected chi connectivity index (χ2v) is 8.47. The van der Waals surface area contributed by atoms with Crippen LogP contribution in [0.25, 0.3) is 0 Å². The van der Waals surface area contributed by atoms with E-state index in [1.165, 1.54) is 11.8 Å². The molecule has 0 N–H and O–H groups in total. The van der Waals surface area contributed by atoms with E-state index < -0.39 is 0 Å². The minimum absolute atomic E-state index is 0.0103. The number of aryl methyl sites for hydroxylation is 2. The highest BCUT2D eigenvalue weighted by molar-refractivity contribution is 7.99. The minimum Gasteiger partial charge on any atom is -0.289 e. The molecular formula is C28H22O2S. The Kier molecular flexibility index (Phi) is 6.15. The van der Waals surface area contributed by atoms with Crippen LogP contribution >= 0.6 is 11.8 Å². The molecule has 0 atom stereocenters. The van der Waals surface area contributed by atoms with Crippen LogP contribution in [0.5, 0.6) is 0 Å². The molecule has 31 heavy (non-hydrogen) atoms. The number of benzene rings is 4. The van der Waals surface area contributed by atoms with Gasteiger partial charge in [-0.3, -0.25) is 9.59 Å². The number of rotatable bonds is 6. The molecule has 0 unspecified atom stereocenters. The van der Waals surface area contributed by atoms with Crippen LogP contribution in [0.2, 0.25) is 0 Å². The normalized spacial score (nSPS) is 10.6. The van der Waals surface area contributed by atoms with E-state index in [9.17, 15) is 9.59 Å². The summed E-state index contributed by atoms with van der Waals surface area (Å²) in [7, 11) is 0. The summed E-state index contributed by atoms with van der Waals surface area (Å²) in [6, 6.07) is 30.4. The summed E-state index contributed by atoms with van der Waals surface area (Å²) in [6.07, 6.45) is 0. The second-order valence-electron chi connectivity index (χ2n) is 7.38. The van der Waals surface area contributed by atoms with Crippen LogP contribution < -0.4 is 0 Å². The first-order chi connectivity index (χ1) is 15.1. The van der Waals surface area contributed by atoms with E-state index in [4.69, 9.17) is 0 Å². The number of carbonyl (C=O) groups is 2. The van der Waals surface area contributed by atoms with Gasteiger partial charge in [-0.15, -0.1) is 0 Å². The lowest BCUT2D eigenvalue weighted by Crippen LogP contribution is -2.06. The highest BCUT2D eigenvalue weighted by atomic mass is 32.2. The van der Waals surface area contributed by atoms with Crippen LogP contribution in [0, 0.1) is 13.8 Å². The Hall–Kier alpha value is -3.43. The maximum atomic E-state index is 13.3. The Labute approximate surface area is 187 Å². The first kappa shape index (κ1) is 20.8. The van der Waals surface area contributed by atoms with Crippen molar-refractivity contribution in [1.29, 1.82) is 0 Å². The summed E-state index contributed by atoms with van der Waals surface area (Å²) in [5, 5.41) is 0. The third kappa shape index (κ3) is 4.37. The van der Waals surface area contributed by atoms with Crippen LogP contribution in [0.15, 0.2) is 107 Å². The summed E-state index contributed by atoms with van der Waals surface area (Å²) < 4.78 is 0. The fourth-order valence-corrected chi connectivity index (χ4v) is 4.62. The van der Waals surface area contributed by atoms with Gasteiger partial charge in [-0.1, -0.05) is 84.6 Å². The van der Waals surface area contributed by atoms with Crippen molar-refractivity contribution >= 4 is 23.3 Å². The van der Waals surface area contributed by atoms with Crippen LogP contribution in [0.3, 0.4) is 0 Å². The van der Waals surface area contributed by atoms with E-state index in [0.29, 0.717) is 22.3 Å². The highest BCUT2D eigenvalue weighted by Gasteiger charge is 2.19. The largest absolute Gasteiger partial charge is 0.289 e. The summed E-state index contributed by atoms with van der Waals surface area (Å²) in [6.45, 7) is 3.89. The van der Waals surface area contributed by atoms with Crippen molar-refractivity contribution in [3.05, 3.63) is 130 Å². The maximum absolute atomic E-state index is 13.3. The molecule has 0 fully saturated rings. The topological polar surface area (TPSA) is 34.1 Å². The Bertz CT molecular complexity index is 1170. The summed E-state index contributed by atoms with van der Waals surface area (Å²) >= 11 is 1.46. The summed E-state index contributed by atoms with van der Waals surface area (Å²) in [5.74, 6) is -0.0205. The molecular weight excluding hydrogens is 400 g/mol. The van der Waals surface area contributed by atoms with Crippen molar-refractivity contribution in [2.75, 3.05) is 0 Å². The van der Waals surface area contributed by atoms with Gasteiger partial charge in [0, 0.05) is 32.0 Å². The molecule has 0 aliphatic carbocycles. The molecule has 0 radical (unpaired) electrons. The van der Waals surface area contributed by atoms with E-state index in [0.717, 1.165) is 20.9 Å². The van der Waals surface area contributed by atoms with Crippen molar-refractivity contribution in [3.8, 4) is 0 Å². The lowest BCUT2D eigenvalue weighted by atomic mass is 9.99. The van der Waals surface area contributed by atoms with Crippen LogP contribution in [-0.4, -0.2) is 11.6 Å². The molecule has 2 nitrogen and oxygen atoms in total. The molecule has 4 aromatic rings. The lowest BCUT2D eigenvalue weighted by molar-refractivity contribution is 0.102. The van der Waals surface area contributed by atoms with E-state index in [1.54, 1.807) is 0 Å². The fraction of sp³-hybridized carbons (Fsp3) is 0.0714. The van der Waals surface area contributed by atoms with Gasteiger partial charge in [-0.05, 0) is 49.2 Å². The smallest absolute Gasteiger partial charge is 0.194 e. The SMILES string of the molecule is Cc1ccccc1C(=O)c1ccccc1Sc1ccccc1C(=O)c1ccccc1C. The van der Waals surface area contributed by atoms with E-state index >= 15 is 0 Å². The van der Waals surface area contributed by atoms with Crippen molar-refractivity contribution in [3.63, 3.8) is 0 Å². The van der Waals surface area contributed by atoms with Crippen molar-refractivity contribution in [1.82, 2.24) is 0 Å². The van der Waals surface area contributed by atoms with Gasteiger partial charge in [0.15, 0.2) is 11.6 Å². The Balaban J connectivity index is 1.73.